The van der Waals surface area contributed by atoms with Crippen LogP contribution in [0.1, 0.15) is 29.7 Å². The van der Waals surface area contributed by atoms with E-state index in [9.17, 15) is 4.79 Å². The third kappa shape index (κ3) is 2.26. The third-order valence-electron chi connectivity index (χ3n) is 5.57. The van der Waals surface area contributed by atoms with Gasteiger partial charge >= 0.3 is 0 Å². The molecule has 0 amide bonds. The van der Waals surface area contributed by atoms with Crippen LogP contribution in [0.5, 0.6) is 0 Å². The van der Waals surface area contributed by atoms with Gasteiger partial charge in [0, 0.05) is 17.5 Å². The van der Waals surface area contributed by atoms with E-state index in [1.54, 1.807) is 18.2 Å². The van der Waals surface area contributed by atoms with Gasteiger partial charge < -0.3 is 5.32 Å². The fourth-order valence-corrected chi connectivity index (χ4v) is 4.09. The van der Waals surface area contributed by atoms with Gasteiger partial charge in [-0.2, -0.15) is 9.78 Å². The van der Waals surface area contributed by atoms with Crippen LogP contribution in [0, 0.1) is 11.3 Å². The molecule has 1 saturated carbocycles. The number of hydrogen-bond donors (Lipinski definition) is 2. The molecule has 7 heteroatoms. The fraction of sp³-hybridized carbons (Fsp3) is 0.190. The minimum Gasteiger partial charge on any atom is -0.384 e. The number of anilines is 1. The summed E-state index contributed by atoms with van der Waals surface area (Å²) in [5.41, 5.74) is 4.08. The maximum Gasteiger partial charge on any atom is 0.280 e. The lowest BCUT2D eigenvalue weighted by atomic mass is 9.91. The first-order valence-electron chi connectivity index (χ1n) is 9.00. The third-order valence-corrected chi connectivity index (χ3v) is 5.82. The van der Waals surface area contributed by atoms with Crippen LogP contribution in [0.2, 0.25) is 5.02 Å². The first-order valence-corrected chi connectivity index (χ1v) is 9.38. The smallest absolute Gasteiger partial charge is 0.280 e. The minimum absolute atomic E-state index is 0.187. The van der Waals surface area contributed by atoms with E-state index in [2.05, 4.69) is 16.5 Å². The maximum absolute atomic E-state index is 13.1. The van der Waals surface area contributed by atoms with Crippen LogP contribution in [-0.2, 0) is 5.41 Å². The van der Waals surface area contributed by atoms with Crippen molar-refractivity contribution in [1.82, 2.24) is 14.6 Å². The van der Waals surface area contributed by atoms with E-state index in [1.807, 2.05) is 31.3 Å². The number of fused-ring (bicyclic) bond motifs is 2. The van der Waals surface area contributed by atoms with E-state index in [1.165, 1.54) is 4.52 Å². The Balaban J connectivity index is 1.80. The van der Waals surface area contributed by atoms with E-state index in [0.717, 1.165) is 29.8 Å². The molecule has 0 saturated heterocycles. The Morgan fingerprint density at radius 3 is 2.64 bits per heavy atom. The molecular formula is C21H16ClN5O. The molecule has 2 aromatic carbocycles. The van der Waals surface area contributed by atoms with E-state index in [4.69, 9.17) is 21.8 Å². The van der Waals surface area contributed by atoms with Gasteiger partial charge in [0.05, 0.1) is 28.2 Å². The lowest BCUT2D eigenvalue weighted by Crippen LogP contribution is -2.17. The summed E-state index contributed by atoms with van der Waals surface area (Å²) < 4.78 is 1.47. The highest BCUT2D eigenvalue weighted by atomic mass is 35.5. The van der Waals surface area contributed by atoms with Crippen molar-refractivity contribution in [1.29, 1.82) is 5.26 Å². The summed E-state index contributed by atoms with van der Waals surface area (Å²) in [4.78, 5) is 17.8. The topological polar surface area (TPSA) is 86.0 Å². The van der Waals surface area contributed by atoms with E-state index >= 15 is 0 Å². The zero-order valence-corrected chi connectivity index (χ0v) is 15.8. The van der Waals surface area contributed by atoms with Crippen LogP contribution in [0.15, 0.2) is 47.3 Å². The van der Waals surface area contributed by atoms with Gasteiger partial charge in [-0.3, -0.25) is 9.89 Å². The number of halogens is 1. The Hall–Kier alpha value is -3.30. The van der Waals surface area contributed by atoms with Gasteiger partial charge in [0.25, 0.3) is 5.56 Å². The molecule has 2 aromatic heterocycles. The Morgan fingerprint density at radius 1 is 1.25 bits per heavy atom. The molecule has 4 aromatic rings. The van der Waals surface area contributed by atoms with E-state index in [-0.39, 0.29) is 11.0 Å². The molecule has 0 bridgehead atoms. The molecular weight excluding hydrogens is 374 g/mol. The molecule has 28 heavy (non-hydrogen) atoms. The molecule has 2 N–H and O–H groups in total. The van der Waals surface area contributed by atoms with Crippen molar-refractivity contribution < 1.29 is 0 Å². The van der Waals surface area contributed by atoms with Crippen molar-refractivity contribution >= 4 is 33.8 Å². The SMILES string of the molecule is CNc1c(C2(c3ccc(Cl)cc3)CC2)[nH]n2c(=O)c3cc(C#N)ccc3nc12. The molecule has 0 aliphatic heterocycles. The van der Waals surface area contributed by atoms with Gasteiger partial charge in [0.1, 0.15) is 5.69 Å². The van der Waals surface area contributed by atoms with Gasteiger partial charge in [-0.05, 0) is 48.7 Å². The van der Waals surface area contributed by atoms with Crippen molar-refractivity contribution in [2.24, 2.45) is 0 Å². The average molecular weight is 390 g/mol. The first kappa shape index (κ1) is 16.8. The highest BCUT2D eigenvalue weighted by molar-refractivity contribution is 6.30. The lowest BCUT2D eigenvalue weighted by Gasteiger charge is -2.16. The van der Waals surface area contributed by atoms with Crippen LogP contribution in [0.3, 0.4) is 0 Å². The van der Waals surface area contributed by atoms with Crippen molar-refractivity contribution in [2.45, 2.75) is 18.3 Å². The molecule has 2 heterocycles. The molecule has 138 valence electrons. The summed E-state index contributed by atoms with van der Waals surface area (Å²) >= 11 is 6.06. The van der Waals surface area contributed by atoms with Gasteiger partial charge in [-0.15, -0.1) is 0 Å². The summed E-state index contributed by atoms with van der Waals surface area (Å²) in [5.74, 6) is 0. The van der Waals surface area contributed by atoms with Gasteiger partial charge in [-0.1, -0.05) is 23.7 Å². The lowest BCUT2D eigenvalue weighted by molar-refractivity contribution is 0.765. The number of benzene rings is 2. The number of aromatic nitrogens is 3. The molecule has 0 spiro atoms. The predicted octanol–water partition coefficient (Wildman–Crippen LogP) is 3.82. The summed E-state index contributed by atoms with van der Waals surface area (Å²) in [6.45, 7) is 0. The molecule has 1 fully saturated rings. The first-order chi connectivity index (χ1) is 13.6. The molecule has 1 aliphatic rings. The minimum atomic E-state index is -0.216. The molecule has 6 nitrogen and oxygen atoms in total. The standard InChI is InChI=1S/C21H16ClN5O/c1-24-17-18(21(8-9-21)13-3-5-14(22)6-4-13)26-27-19(17)25-16-7-2-12(11-23)10-15(16)20(27)28/h2-7,10,24,26H,8-9H2,1H3. The van der Waals surface area contributed by atoms with Crippen LogP contribution in [0.4, 0.5) is 5.69 Å². The zero-order valence-electron chi connectivity index (χ0n) is 15.1. The van der Waals surface area contributed by atoms with Crippen LogP contribution < -0.4 is 10.9 Å². The number of nitrogens with zero attached hydrogens (tertiary/aromatic N) is 3. The monoisotopic (exact) mass is 389 g/mol. The Morgan fingerprint density at radius 2 is 2.00 bits per heavy atom. The van der Waals surface area contributed by atoms with E-state index < -0.39 is 0 Å². The summed E-state index contributed by atoms with van der Waals surface area (Å²) in [7, 11) is 1.83. The number of aromatic amines is 1. The van der Waals surface area contributed by atoms with Gasteiger partial charge in [0.2, 0.25) is 0 Å². The predicted molar refractivity (Wildman–Crippen MR) is 109 cm³/mol. The normalized spacial score (nSPS) is 14.9. The fourth-order valence-electron chi connectivity index (χ4n) is 3.97. The second-order valence-corrected chi connectivity index (χ2v) is 7.56. The summed E-state index contributed by atoms with van der Waals surface area (Å²) in [6, 6.07) is 14.9. The number of hydrogen-bond acceptors (Lipinski definition) is 4. The Labute approximate surface area is 165 Å². The summed E-state index contributed by atoms with van der Waals surface area (Å²) in [6.07, 6.45) is 1.95. The van der Waals surface area contributed by atoms with Gasteiger partial charge in [-0.25, -0.2) is 4.98 Å². The second kappa shape index (κ2) is 5.85. The van der Waals surface area contributed by atoms with Gasteiger partial charge in [0.15, 0.2) is 5.65 Å². The van der Waals surface area contributed by atoms with Crippen LogP contribution in [-0.4, -0.2) is 21.6 Å². The summed E-state index contributed by atoms with van der Waals surface area (Å²) in [5, 5.41) is 16.8. The molecule has 0 unspecified atom stereocenters. The largest absolute Gasteiger partial charge is 0.384 e. The van der Waals surface area contributed by atoms with Crippen molar-refractivity contribution in [3.05, 3.63) is 74.7 Å². The number of nitriles is 1. The number of nitrogens with one attached hydrogen (secondary N) is 2. The highest BCUT2D eigenvalue weighted by Gasteiger charge is 2.49. The molecule has 1 aliphatic carbocycles. The Kier molecular flexibility index (Phi) is 3.52. The van der Waals surface area contributed by atoms with Crippen LogP contribution >= 0.6 is 11.6 Å². The molecule has 5 rings (SSSR count). The Bertz CT molecular complexity index is 1340. The highest BCUT2D eigenvalue weighted by Crippen LogP contribution is 2.55. The average Bonchev–Trinajstić information content (AvgIpc) is 3.43. The molecule has 0 radical (unpaired) electrons. The second-order valence-electron chi connectivity index (χ2n) is 7.12. The molecule has 0 atom stereocenters. The van der Waals surface area contributed by atoms with Crippen LogP contribution in [0.25, 0.3) is 16.6 Å². The zero-order chi connectivity index (χ0) is 19.5. The quantitative estimate of drug-likeness (QED) is 0.557. The van der Waals surface area contributed by atoms with Crippen molar-refractivity contribution in [3.63, 3.8) is 0 Å². The number of rotatable bonds is 3. The van der Waals surface area contributed by atoms with Crippen molar-refractivity contribution in [2.75, 3.05) is 12.4 Å². The maximum atomic E-state index is 13.1. The van der Waals surface area contributed by atoms with Crippen molar-refractivity contribution in [3.8, 4) is 6.07 Å². The number of H-pyrrole nitrogens is 1. The van der Waals surface area contributed by atoms with E-state index in [0.29, 0.717) is 27.1 Å².